The van der Waals surface area contributed by atoms with Gasteiger partial charge < -0.3 is 5.73 Å². The van der Waals surface area contributed by atoms with Crippen molar-refractivity contribution in [3.8, 4) is 0 Å². The molecule has 118 valence electrons. The predicted molar refractivity (Wildman–Crippen MR) is 90.9 cm³/mol. The van der Waals surface area contributed by atoms with E-state index in [0.29, 0.717) is 22.8 Å². The third-order valence-corrected chi connectivity index (χ3v) is 3.51. The van der Waals surface area contributed by atoms with Crippen LogP contribution in [0.4, 0.5) is 0 Å². The molecule has 0 spiro atoms. The van der Waals surface area contributed by atoms with Gasteiger partial charge in [-0.25, -0.2) is 5.43 Å². The topological polar surface area (TPSA) is 119 Å². The number of amides is 1. The Labute approximate surface area is 138 Å². The molecule has 0 bridgehead atoms. The number of carbonyl (C=O) groups excluding carboxylic acids is 1. The summed E-state index contributed by atoms with van der Waals surface area (Å²) in [6, 6.07) is 10.8. The van der Waals surface area contributed by atoms with Gasteiger partial charge in [0.1, 0.15) is 10.6 Å². The van der Waals surface area contributed by atoms with Gasteiger partial charge in [0.25, 0.3) is 5.91 Å². The number of hydrogen-bond acceptors (Lipinski definition) is 7. The van der Waals surface area contributed by atoms with E-state index < -0.39 is 5.91 Å². The number of carbonyl (C=O) groups is 1. The molecule has 0 aromatic carbocycles. The highest BCUT2D eigenvalue weighted by molar-refractivity contribution is 8.01. The zero-order chi connectivity index (χ0) is 16.7. The Kier molecular flexibility index (Phi) is 5.84. The van der Waals surface area contributed by atoms with Crippen molar-refractivity contribution in [2.75, 3.05) is 0 Å². The number of hydrazone groups is 1. The lowest BCUT2D eigenvalue weighted by molar-refractivity contribution is -0.116. The Morgan fingerprint density at radius 1 is 1.13 bits per heavy atom. The van der Waals surface area contributed by atoms with E-state index in [4.69, 9.17) is 10.9 Å². The molecule has 0 aliphatic heterocycles. The Morgan fingerprint density at radius 3 is 2.09 bits per heavy atom. The normalized spacial score (nSPS) is 11.4. The van der Waals surface area contributed by atoms with Gasteiger partial charge in [-0.15, -0.1) is 0 Å². The highest BCUT2D eigenvalue weighted by atomic mass is 32.2. The maximum absolute atomic E-state index is 12.1. The average molecular weight is 328 g/mol. The molecule has 0 radical (unpaired) electrons. The summed E-state index contributed by atoms with van der Waals surface area (Å²) in [4.78, 5) is 20.8. The summed E-state index contributed by atoms with van der Waals surface area (Å²) in [5.74, 6) is -0.484. The molecule has 0 aliphatic rings. The monoisotopic (exact) mass is 328 g/mol. The molecule has 0 saturated heterocycles. The molecular weight excluding hydrogens is 312 g/mol. The summed E-state index contributed by atoms with van der Waals surface area (Å²) in [5.41, 5.74) is 10.00. The second-order valence-corrected chi connectivity index (χ2v) is 5.11. The molecule has 0 aliphatic carbocycles. The first-order valence-corrected chi connectivity index (χ1v) is 7.55. The molecule has 1 amide bonds. The lowest BCUT2D eigenvalue weighted by Gasteiger charge is -2.07. The summed E-state index contributed by atoms with van der Waals surface area (Å²) >= 11 is 0.771. The molecule has 0 saturated carbocycles. The Balaban J connectivity index is 2.36. The molecule has 0 fully saturated rings. The smallest absolute Gasteiger partial charge is 0.280 e. The minimum Gasteiger partial charge on any atom is -0.401 e. The van der Waals surface area contributed by atoms with Gasteiger partial charge in [0, 0.05) is 18.1 Å². The van der Waals surface area contributed by atoms with E-state index in [2.05, 4.69) is 20.5 Å². The SMILES string of the molecule is C/C(N)=C(/SN)C(=O)NN=C(c1ccccn1)c1ccccn1. The first kappa shape index (κ1) is 16.7. The fourth-order valence-electron chi connectivity index (χ4n) is 1.73. The minimum atomic E-state index is -0.484. The van der Waals surface area contributed by atoms with E-state index in [1.54, 1.807) is 43.6 Å². The zero-order valence-electron chi connectivity index (χ0n) is 12.4. The van der Waals surface area contributed by atoms with Crippen LogP contribution in [-0.4, -0.2) is 21.6 Å². The maximum atomic E-state index is 12.1. The van der Waals surface area contributed by atoms with E-state index in [0.717, 1.165) is 11.9 Å². The molecular formula is C15H16N6OS. The Hall–Kier alpha value is -2.71. The molecule has 2 rings (SSSR count). The fourth-order valence-corrected chi connectivity index (χ4v) is 2.07. The van der Waals surface area contributed by atoms with E-state index >= 15 is 0 Å². The highest BCUT2D eigenvalue weighted by Gasteiger charge is 2.13. The molecule has 2 aromatic rings. The molecule has 2 heterocycles. The highest BCUT2D eigenvalue weighted by Crippen LogP contribution is 2.11. The second kappa shape index (κ2) is 8.06. The van der Waals surface area contributed by atoms with Gasteiger partial charge in [0.15, 0.2) is 0 Å². The van der Waals surface area contributed by atoms with Crippen LogP contribution in [-0.2, 0) is 4.79 Å². The molecule has 2 aromatic heterocycles. The first-order valence-electron chi connectivity index (χ1n) is 6.67. The van der Waals surface area contributed by atoms with Crippen molar-refractivity contribution in [1.29, 1.82) is 0 Å². The predicted octanol–water partition coefficient (Wildman–Crippen LogP) is 1.14. The van der Waals surface area contributed by atoms with E-state index in [-0.39, 0.29) is 4.91 Å². The molecule has 23 heavy (non-hydrogen) atoms. The van der Waals surface area contributed by atoms with Crippen molar-refractivity contribution in [2.45, 2.75) is 6.92 Å². The number of allylic oxidation sites excluding steroid dienone is 1. The van der Waals surface area contributed by atoms with Gasteiger partial charge in [-0.3, -0.25) is 19.9 Å². The Bertz CT molecular complexity index is 685. The quantitative estimate of drug-likeness (QED) is 0.328. The number of rotatable bonds is 5. The lowest BCUT2D eigenvalue weighted by atomic mass is 10.1. The van der Waals surface area contributed by atoms with E-state index in [1.807, 2.05) is 12.1 Å². The second-order valence-electron chi connectivity index (χ2n) is 4.46. The van der Waals surface area contributed by atoms with Crippen LogP contribution in [0, 0.1) is 0 Å². The van der Waals surface area contributed by atoms with Crippen molar-refractivity contribution in [1.82, 2.24) is 15.4 Å². The van der Waals surface area contributed by atoms with Gasteiger partial charge in [-0.05, 0) is 43.1 Å². The summed E-state index contributed by atoms with van der Waals surface area (Å²) in [7, 11) is 0. The minimum absolute atomic E-state index is 0.204. The number of aromatic nitrogens is 2. The number of pyridine rings is 2. The molecule has 5 N–H and O–H groups in total. The van der Waals surface area contributed by atoms with Crippen LogP contribution in [0.5, 0.6) is 0 Å². The number of nitrogens with one attached hydrogen (secondary N) is 1. The fraction of sp³-hybridized carbons (Fsp3) is 0.0667. The summed E-state index contributed by atoms with van der Waals surface area (Å²) in [6.07, 6.45) is 3.28. The van der Waals surface area contributed by atoms with Gasteiger partial charge >= 0.3 is 0 Å². The van der Waals surface area contributed by atoms with Crippen LogP contribution in [0.25, 0.3) is 0 Å². The van der Waals surface area contributed by atoms with Crippen LogP contribution < -0.4 is 16.3 Å². The number of nitrogens with zero attached hydrogens (tertiary/aromatic N) is 3. The van der Waals surface area contributed by atoms with Gasteiger partial charge in [-0.2, -0.15) is 5.10 Å². The van der Waals surface area contributed by atoms with Crippen molar-refractivity contribution in [3.63, 3.8) is 0 Å². The molecule has 8 heteroatoms. The van der Waals surface area contributed by atoms with Gasteiger partial charge in [0.2, 0.25) is 0 Å². The number of hydrogen-bond donors (Lipinski definition) is 3. The number of nitrogens with two attached hydrogens (primary N) is 2. The van der Waals surface area contributed by atoms with Crippen LogP contribution in [0.15, 0.2) is 64.5 Å². The van der Waals surface area contributed by atoms with Crippen LogP contribution in [0.1, 0.15) is 18.3 Å². The van der Waals surface area contributed by atoms with Crippen molar-refractivity contribution >= 4 is 23.6 Å². The Morgan fingerprint density at radius 2 is 1.70 bits per heavy atom. The summed E-state index contributed by atoms with van der Waals surface area (Å²) in [6.45, 7) is 1.59. The van der Waals surface area contributed by atoms with Crippen LogP contribution in [0.2, 0.25) is 0 Å². The zero-order valence-corrected chi connectivity index (χ0v) is 13.2. The van der Waals surface area contributed by atoms with Gasteiger partial charge in [-0.1, -0.05) is 12.1 Å². The standard InChI is InChI=1S/C15H16N6OS/c1-10(16)14(23-17)15(22)21-20-13(11-6-2-4-8-18-11)12-7-3-5-9-19-12/h2-9H,16-17H2,1H3,(H,21,22)/b14-10-. The van der Waals surface area contributed by atoms with Gasteiger partial charge in [0.05, 0.1) is 11.4 Å². The van der Waals surface area contributed by atoms with Crippen molar-refractivity contribution in [3.05, 3.63) is 70.8 Å². The first-order chi connectivity index (χ1) is 11.1. The van der Waals surface area contributed by atoms with E-state index in [9.17, 15) is 4.79 Å². The average Bonchev–Trinajstić information content (AvgIpc) is 2.57. The third-order valence-electron chi connectivity index (χ3n) is 2.77. The van der Waals surface area contributed by atoms with Crippen LogP contribution >= 0.6 is 11.9 Å². The lowest BCUT2D eigenvalue weighted by Crippen LogP contribution is -2.24. The van der Waals surface area contributed by atoms with Crippen molar-refractivity contribution in [2.24, 2.45) is 16.0 Å². The third kappa shape index (κ3) is 4.38. The molecule has 0 atom stereocenters. The van der Waals surface area contributed by atoms with Crippen molar-refractivity contribution < 1.29 is 4.79 Å². The summed E-state index contributed by atoms with van der Waals surface area (Å²) < 4.78 is 0. The maximum Gasteiger partial charge on any atom is 0.280 e. The van der Waals surface area contributed by atoms with Crippen LogP contribution in [0.3, 0.4) is 0 Å². The largest absolute Gasteiger partial charge is 0.401 e. The van der Waals surface area contributed by atoms with E-state index in [1.165, 1.54) is 0 Å². The molecule has 7 nitrogen and oxygen atoms in total. The molecule has 0 unspecified atom stereocenters. The summed E-state index contributed by atoms with van der Waals surface area (Å²) in [5, 5.41) is 9.60.